The van der Waals surface area contributed by atoms with Crippen molar-refractivity contribution in [3.8, 4) is 11.5 Å². The molecule has 0 bridgehead atoms. The summed E-state index contributed by atoms with van der Waals surface area (Å²) in [4.78, 5) is 1.13. The van der Waals surface area contributed by atoms with E-state index in [4.69, 9.17) is 8.83 Å². The van der Waals surface area contributed by atoms with Gasteiger partial charge in [-0.25, -0.2) is 4.39 Å². The first-order valence-corrected chi connectivity index (χ1v) is 9.40. The first-order valence-electron chi connectivity index (χ1n) is 8.52. The van der Waals surface area contributed by atoms with Crippen LogP contribution in [0, 0.1) is 19.7 Å². The molecule has 5 nitrogen and oxygen atoms in total. The van der Waals surface area contributed by atoms with Crippen molar-refractivity contribution in [3.63, 3.8) is 0 Å². The van der Waals surface area contributed by atoms with Crippen LogP contribution < -0.4 is 5.32 Å². The van der Waals surface area contributed by atoms with Gasteiger partial charge in [0.2, 0.25) is 5.89 Å². The highest BCUT2D eigenvalue weighted by molar-refractivity contribution is 7.10. The Morgan fingerprint density at radius 1 is 1.11 bits per heavy atom. The fourth-order valence-electron chi connectivity index (χ4n) is 2.96. The number of halogens is 1. The largest absolute Gasteiger partial charge is 0.466 e. The monoisotopic (exact) mass is 383 g/mol. The van der Waals surface area contributed by atoms with Gasteiger partial charge in [0.1, 0.15) is 17.3 Å². The van der Waals surface area contributed by atoms with Gasteiger partial charge < -0.3 is 8.83 Å². The molecule has 0 saturated heterocycles. The van der Waals surface area contributed by atoms with Crippen molar-refractivity contribution in [2.45, 2.75) is 26.4 Å². The van der Waals surface area contributed by atoms with Crippen LogP contribution >= 0.6 is 11.3 Å². The molecule has 0 radical (unpaired) electrons. The molecule has 0 aliphatic carbocycles. The average Bonchev–Trinajstić information content (AvgIpc) is 3.38. The Kier molecular flexibility index (Phi) is 4.87. The van der Waals surface area contributed by atoms with Crippen LogP contribution in [0.25, 0.3) is 11.5 Å². The molecule has 0 aliphatic heterocycles. The van der Waals surface area contributed by atoms with Crippen molar-refractivity contribution in [3.05, 3.63) is 81.5 Å². The quantitative estimate of drug-likeness (QED) is 0.506. The van der Waals surface area contributed by atoms with Gasteiger partial charge in [-0.3, -0.25) is 5.32 Å². The van der Waals surface area contributed by atoms with E-state index in [9.17, 15) is 4.39 Å². The smallest absolute Gasteiger partial charge is 0.251 e. The van der Waals surface area contributed by atoms with E-state index in [1.165, 1.54) is 12.1 Å². The van der Waals surface area contributed by atoms with E-state index in [0.29, 0.717) is 18.3 Å². The van der Waals surface area contributed by atoms with Crippen molar-refractivity contribution < 1.29 is 13.2 Å². The first kappa shape index (κ1) is 17.6. The number of aryl methyl sites for hydroxylation is 2. The van der Waals surface area contributed by atoms with E-state index in [0.717, 1.165) is 27.5 Å². The van der Waals surface area contributed by atoms with Crippen molar-refractivity contribution in [2.24, 2.45) is 0 Å². The molecule has 1 aromatic carbocycles. The van der Waals surface area contributed by atoms with Crippen molar-refractivity contribution in [1.29, 1.82) is 0 Å². The van der Waals surface area contributed by atoms with Crippen LogP contribution in [0.5, 0.6) is 0 Å². The number of hydrogen-bond acceptors (Lipinski definition) is 6. The number of furan rings is 1. The van der Waals surface area contributed by atoms with Gasteiger partial charge >= 0.3 is 0 Å². The molecule has 0 aliphatic rings. The van der Waals surface area contributed by atoms with Gasteiger partial charge in [-0.1, -0.05) is 18.2 Å². The number of nitrogens with zero attached hydrogens (tertiary/aromatic N) is 2. The fourth-order valence-corrected chi connectivity index (χ4v) is 3.79. The van der Waals surface area contributed by atoms with Crippen molar-refractivity contribution in [1.82, 2.24) is 15.5 Å². The molecular weight excluding hydrogens is 365 g/mol. The maximum Gasteiger partial charge on any atom is 0.251 e. The first-order chi connectivity index (χ1) is 13.1. The zero-order valence-electron chi connectivity index (χ0n) is 14.9. The third-order valence-corrected chi connectivity index (χ3v) is 5.16. The Hall–Kier alpha value is -2.77. The second-order valence-electron chi connectivity index (χ2n) is 6.21. The third kappa shape index (κ3) is 3.84. The number of thiophene rings is 1. The topological polar surface area (TPSA) is 64.1 Å². The molecule has 0 spiro atoms. The predicted molar refractivity (Wildman–Crippen MR) is 101 cm³/mol. The molecule has 1 atom stereocenters. The maximum absolute atomic E-state index is 13.3. The summed E-state index contributed by atoms with van der Waals surface area (Å²) >= 11 is 1.64. The van der Waals surface area contributed by atoms with Crippen LogP contribution in [0.3, 0.4) is 0 Å². The van der Waals surface area contributed by atoms with E-state index in [2.05, 4.69) is 15.5 Å². The van der Waals surface area contributed by atoms with Crippen LogP contribution in [-0.4, -0.2) is 10.2 Å². The molecule has 1 N–H and O–H groups in total. The zero-order chi connectivity index (χ0) is 18.8. The lowest BCUT2D eigenvalue weighted by molar-refractivity contribution is 0.461. The highest BCUT2D eigenvalue weighted by atomic mass is 32.1. The van der Waals surface area contributed by atoms with Gasteiger partial charge in [0.15, 0.2) is 0 Å². The summed E-state index contributed by atoms with van der Waals surface area (Å²) in [5, 5.41) is 13.7. The minimum absolute atomic E-state index is 0.0844. The molecule has 7 heteroatoms. The second kappa shape index (κ2) is 7.46. The lowest BCUT2D eigenvalue weighted by Gasteiger charge is -2.17. The van der Waals surface area contributed by atoms with Crippen LogP contribution in [-0.2, 0) is 6.54 Å². The lowest BCUT2D eigenvalue weighted by atomic mass is 10.1. The standard InChI is InChI=1S/C20H18FN3O2S/c1-12-10-16(13(2)25-12)20-24-23-18(26-20)11-22-19(17-4-3-9-27-17)14-5-7-15(21)8-6-14/h3-10,19,22H,11H2,1-2H3. The van der Waals surface area contributed by atoms with E-state index in [1.807, 2.05) is 37.4 Å². The second-order valence-corrected chi connectivity index (χ2v) is 7.19. The van der Waals surface area contributed by atoms with E-state index < -0.39 is 0 Å². The van der Waals surface area contributed by atoms with Crippen LogP contribution in [0.4, 0.5) is 4.39 Å². The number of rotatable bonds is 6. The number of aromatic nitrogens is 2. The Morgan fingerprint density at radius 3 is 2.59 bits per heavy atom. The minimum Gasteiger partial charge on any atom is -0.466 e. The fraction of sp³-hybridized carbons (Fsp3) is 0.200. The zero-order valence-corrected chi connectivity index (χ0v) is 15.7. The molecule has 4 rings (SSSR count). The molecule has 1 unspecified atom stereocenters. The van der Waals surface area contributed by atoms with Gasteiger partial charge in [-0.2, -0.15) is 0 Å². The highest BCUT2D eigenvalue weighted by Gasteiger charge is 2.18. The molecule has 0 amide bonds. The number of benzene rings is 1. The summed E-state index contributed by atoms with van der Waals surface area (Å²) < 4.78 is 24.6. The summed E-state index contributed by atoms with van der Waals surface area (Å²) in [5.74, 6) is 2.21. The normalized spacial score (nSPS) is 12.4. The summed E-state index contributed by atoms with van der Waals surface area (Å²) in [5.41, 5.74) is 1.78. The Morgan fingerprint density at radius 2 is 1.93 bits per heavy atom. The molecule has 0 saturated carbocycles. The van der Waals surface area contributed by atoms with E-state index >= 15 is 0 Å². The molecule has 3 heterocycles. The molecular formula is C20H18FN3O2S. The number of hydrogen-bond donors (Lipinski definition) is 1. The Labute approximate surface area is 159 Å². The van der Waals surface area contributed by atoms with Crippen LogP contribution in [0.15, 0.2) is 56.7 Å². The Bertz CT molecular complexity index is 1020. The molecule has 138 valence electrons. The maximum atomic E-state index is 13.3. The van der Waals surface area contributed by atoms with Gasteiger partial charge in [-0.05, 0) is 49.1 Å². The average molecular weight is 383 g/mol. The summed E-state index contributed by atoms with van der Waals surface area (Å²) in [6, 6.07) is 12.3. The third-order valence-electron chi connectivity index (χ3n) is 4.23. The molecule has 27 heavy (non-hydrogen) atoms. The van der Waals surface area contributed by atoms with Gasteiger partial charge in [-0.15, -0.1) is 21.5 Å². The van der Waals surface area contributed by atoms with Crippen molar-refractivity contribution >= 4 is 11.3 Å². The lowest BCUT2D eigenvalue weighted by Crippen LogP contribution is -2.21. The van der Waals surface area contributed by atoms with Crippen LogP contribution in [0.2, 0.25) is 0 Å². The number of nitrogens with one attached hydrogen (secondary N) is 1. The Balaban J connectivity index is 1.53. The summed E-state index contributed by atoms with van der Waals surface area (Å²) in [7, 11) is 0. The van der Waals surface area contributed by atoms with Gasteiger partial charge in [0.25, 0.3) is 5.89 Å². The summed E-state index contributed by atoms with van der Waals surface area (Å²) in [6.45, 7) is 4.14. The van der Waals surface area contributed by atoms with Gasteiger partial charge in [0.05, 0.1) is 18.2 Å². The SMILES string of the molecule is Cc1cc(-c2nnc(CNC(c3ccc(F)cc3)c3cccs3)o2)c(C)o1. The van der Waals surface area contributed by atoms with E-state index in [-0.39, 0.29) is 11.9 Å². The van der Waals surface area contributed by atoms with Gasteiger partial charge in [0, 0.05) is 4.88 Å². The molecule has 4 aromatic rings. The van der Waals surface area contributed by atoms with Crippen LogP contribution in [0.1, 0.15) is 33.9 Å². The summed E-state index contributed by atoms with van der Waals surface area (Å²) in [6.07, 6.45) is 0. The van der Waals surface area contributed by atoms with Crippen molar-refractivity contribution in [2.75, 3.05) is 0 Å². The highest BCUT2D eigenvalue weighted by Crippen LogP contribution is 2.28. The van der Waals surface area contributed by atoms with E-state index in [1.54, 1.807) is 23.5 Å². The molecule has 3 aromatic heterocycles. The predicted octanol–water partition coefficient (Wildman–Crippen LogP) is 5.03. The molecule has 0 fully saturated rings. The minimum atomic E-state index is -0.254.